The van der Waals surface area contributed by atoms with Crippen LogP contribution in [0.1, 0.15) is 25.3 Å². The van der Waals surface area contributed by atoms with E-state index in [2.05, 4.69) is 6.92 Å². The van der Waals surface area contributed by atoms with Crippen LogP contribution in [0.3, 0.4) is 0 Å². The zero-order valence-electron chi connectivity index (χ0n) is 14.1. The second-order valence-corrected chi connectivity index (χ2v) is 7.31. The lowest BCUT2D eigenvalue weighted by atomic mass is 9.96. The van der Waals surface area contributed by atoms with Crippen LogP contribution >= 0.6 is 0 Å². The Hall–Kier alpha value is -2.69. The van der Waals surface area contributed by atoms with Crippen molar-refractivity contribution in [2.45, 2.75) is 32.3 Å². The summed E-state index contributed by atoms with van der Waals surface area (Å²) in [6.07, 6.45) is 3.08. The molecule has 1 fully saturated rings. The number of phenols is 1. The van der Waals surface area contributed by atoms with Gasteiger partial charge in [-0.1, -0.05) is 13.0 Å². The van der Waals surface area contributed by atoms with E-state index in [-0.39, 0.29) is 28.3 Å². The fourth-order valence-electron chi connectivity index (χ4n) is 3.78. The predicted octanol–water partition coefficient (Wildman–Crippen LogP) is 3.76. The molecule has 5 nitrogen and oxygen atoms in total. The number of hydrogen-bond donors (Lipinski definition) is 1. The Morgan fingerprint density at radius 2 is 2.08 bits per heavy atom. The summed E-state index contributed by atoms with van der Waals surface area (Å²) in [6, 6.07) is 6.59. The van der Waals surface area contributed by atoms with Gasteiger partial charge in [0, 0.05) is 23.5 Å². The molecule has 0 bridgehead atoms. The molecule has 3 aromatic rings. The maximum Gasteiger partial charge on any atom is 0.204 e. The summed E-state index contributed by atoms with van der Waals surface area (Å²) in [5, 5.41) is 10.9. The third-order valence-electron chi connectivity index (χ3n) is 5.67. The van der Waals surface area contributed by atoms with E-state index in [4.69, 9.17) is 13.9 Å². The van der Waals surface area contributed by atoms with Gasteiger partial charge in [0.1, 0.15) is 28.6 Å². The number of hydrogen-bond acceptors (Lipinski definition) is 5. The van der Waals surface area contributed by atoms with Gasteiger partial charge >= 0.3 is 0 Å². The molecule has 0 radical (unpaired) electrons. The second kappa shape index (κ2) is 4.69. The third-order valence-corrected chi connectivity index (χ3v) is 5.67. The van der Waals surface area contributed by atoms with Gasteiger partial charge < -0.3 is 19.0 Å². The van der Waals surface area contributed by atoms with Crippen LogP contribution in [0, 0.1) is 5.41 Å². The molecule has 1 N–H and O–H groups in total. The average molecular weight is 338 g/mol. The van der Waals surface area contributed by atoms with E-state index in [0.717, 1.165) is 18.4 Å². The van der Waals surface area contributed by atoms with Crippen LogP contribution in [0.15, 0.2) is 33.5 Å². The summed E-state index contributed by atoms with van der Waals surface area (Å²) in [6.45, 7) is 2.22. The molecule has 128 valence electrons. The largest absolute Gasteiger partial charge is 0.504 e. The monoisotopic (exact) mass is 338 g/mol. The Bertz CT molecular complexity index is 1090. The summed E-state index contributed by atoms with van der Waals surface area (Å²) < 4.78 is 17.6. The molecule has 1 saturated carbocycles. The number of para-hydroxylation sites is 1. The topological polar surface area (TPSA) is 68.9 Å². The molecule has 1 aliphatic carbocycles. The number of rotatable bonds is 2. The van der Waals surface area contributed by atoms with Crippen molar-refractivity contribution in [2.75, 3.05) is 7.11 Å². The van der Waals surface area contributed by atoms with Crippen molar-refractivity contribution < 1.29 is 19.0 Å². The molecule has 2 aliphatic rings. The fourth-order valence-corrected chi connectivity index (χ4v) is 3.78. The number of aromatic hydroxyl groups is 1. The number of methoxy groups -OCH3 is 1. The normalized spacial score (nSPS) is 20.5. The summed E-state index contributed by atoms with van der Waals surface area (Å²) >= 11 is 0. The summed E-state index contributed by atoms with van der Waals surface area (Å²) in [7, 11) is 1.53. The molecule has 2 aromatic carbocycles. The van der Waals surface area contributed by atoms with Gasteiger partial charge in [0.25, 0.3) is 0 Å². The van der Waals surface area contributed by atoms with Crippen LogP contribution in [-0.4, -0.2) is 18.3 Å². The van der Waals surface area contributed by atoms with Crippen molar-refractivity contribution in [1.82, 2.24) is 0 Å². The average Bonchev–Trinajstić information content (AvgIpc) is 3.20. The van der Waals surface area contributed by atoms with Gasteiger partial charge in [0.2, 0.25) is 5.43 Å². The van der Waals surface area contributed by atoms with Crippen molar-refractivity contribution >= 4 is 21.9 Å². The smallest absolute Gasteiger partial charge is 0.204 e. The second-order valence-electron chi connectivity index (χ2n) is 7.31. The highest BCUT2D eigenvalue weighted by Gasteiger charge is 2.49. The number of fused-ring (bicyclic) bond motifs is 4. The van der Waals surface area contributed by atoms with Crippen LogP contribution in [-0.2, 0) is 6.42 Å². The highest BCUT2D eigenvalue weighted by molar-refractivity contribution is 5.97. The zero-order valence-corrected chi connectivity index (χ0v) is 14.1. The van der Waals surface area contributed by atoms with E-state index < -0.39 is 0 Å². The van der Waals surface area contributed by atoms with Crippen molar-refractivity contribution in [3.8, 4) is 17.2 Å². The minimum Gasteiger partial charge on any atom is -0.504 e. The van der Waals surface area contributed by atoms with Gasteiger partial charge in [-0.3, -0.25) is 4.79 Å². The number of ether oxygens (including phenoxy) is 2. The van der Waals surface area contributed by atoms with Crippen LogP contribution in [0.2, 0.25) is 0 Å². The first kappa shape index (κ1) is 14.6. The minimum atomic E-state index is -0.201. The SMILES string of the molecule is COc1cc2c(c3oc4c(O)cccc4c(=O)c13)CC(C1(C)CC1)O2. The quantitative estimate of drug-likeness (QED) is 0.721. The van der Waals surface area contributed by atoms with E-state index in [9.17, 15) is 9.90 Å². The first-order valence-corrected chi connectivity index (χ1v) is 8.47. The first-order chi connectivity index (χ1) is 12.0. The van der Waals surface area contributed by atoms with E-state index in [0.29, 0.717) is 34.3 Å². The van der Waals surface area contributed by atoms with Crippen molar-refractivity contribution in [1.29, 1.82) is 0 Å². The van der Waals surface area contributed by atoms with Gasteiger partial charge in [0.05, 0.1) is 12.5 Å². The molecule has 0 spiro atoms. The standard InChI is InChI=1S/C20H18O5/c1-20(6-7-20)15-8-11-13(24-15)9-14(23-2)16-17(22)10-4-3-5-12(21)18(10)25-19(11)16/h3-5,9,15,21H,6-8H2,1-2H3. The highest BCUT2D eigenvalue weighted by atomic mass is 16.5. The summed E-state index contributed by atoms with van der Waals surface area (Å²) in [5.74, 6) is 1.10. The molecule has 2 heterocycles. The molecule has 25 heavy (non-hydrogen) atoms. The third kappa shape index (κ3) is 1.92. The molecule has 1 unspecified atom stereocenters. The van der Waals surface area contributed by atoms with Crippen LogP contribution in [0.4, 0.5) is 0 Å². The molecule has 5 rings (SSSR count). The number of benzene rings is 2. The highest BCUT2D eigenvalue weighted by Crippen LogP contribution is 2.54. The van der Waals surface area contributed by atoms with Gasteiger partial charge in [-0.15, -0.1) is 0 Å². The van der Waals surface area contributed by atoms with Crippen LogP contribution in [0.5, 0.6) is 17.2 Å². The van der Waals surface area contributed by atoms with E-state index in [1.807, 2.05) is 0 Å². The van der Waals surface area contributed by atoms with Gasteiger partial charge in [-0.05, 0) is 25.0 Å². The Morgan fingerprint density at radius 3 is 2.80 bits per heavy atom. The Labute approximate surface area is 143 Å². The van der Waals surface area contributed by atoms with Gasteiger partial charge in [0.15, 0.2) is 11.3 Å². The summed E-state index contributed by atoms with van der Waals surface area (Å²) in [5.41, 5.74) is 1.54. The molecule has 1 aromatic heterocycles. The lowest BCUT2D eigenvalue weighted by molar-refractivity contribution is 0.154. The fraction of sp³-hybridized carbons (Fsp3) is 0.350. The van der Waals surface area contributed by atoms with Crippen molar-refractivity contribution in [3.05, 3.63) is 40.1 Å². The lowest BCUT2D eigenvalue weighted by Gasteiger charge is -2.17. The van der Waals surface area contributed by atoms with Crippen LogP contribution in [0.25, 0.3) is 21.9 Å². The van der Waals surface area contributed by atoms with Gasteiger partial charge in [-0.25, -0.2) is 0 Å². The molecule has 0 amide bonds. The van der Waals surface area contributed by atoms with Gasteiger partial charge in [-0.2, -0.15) is 0 Å². The van der Waals surface area contributed by atoms with E-state index in [1.165, 1.54) is 13.2 Å². The zero-order chi connectivity index (χ0) is 17.3. The van der Waals surface area contributed by atoms with Crippen molar-refractivity contribution in [3.63, 3.8) is 0 Å². The predicted molar refractivity (Wildman–Crippen MR) is 93.7 cm³/mol. The Morgan fingerprint density at radius 1 is 1.28 bits per heavy atom. The maximum atomic E-state index is 13.0. The van der Waals surface area contributed by atoms with E-state index in [1.54, 1.807) is 18.2 Å². The molecule has 1 atom stereocenters. The molecular formula is C20H18O5. The van der Waals surface area contributed by atoms with Crippen LogP contribution < -0.4 is 14.9 Å². The molecule has 0 saturated heterocycles. The first-order valence-electron chi connectivity index (χ1n) is 8.47. The Kier molecular flexibility index (Phi) is 2.74. The van der Waals surface area contributed by atoms with E-state index >= 15 is 0 Å². The summed E-state index contributed by atoms with van der Waals surface area (Å²) in [4.78, 5) is 13.0. The lowest BCUT2D eigenvalue weighted by Crippen LogP contribution is -2.23. The Balaban J connectivity index is 1.86. The number of phenolic OH excluding ortho intramolecular Hbond substituents is 1. The molecule has 1 aliphatic heterocycles. The molecular weight excluding hydrogens is 320 g/mol. The maximum absolute atomic E-state index is 13.0. The minimum absolute atomic E-state index is 0.0438. The molecule has 5 heteroatoms. The van der Waals surface area contributed by atoms with Crippen molar-refractivity contribution in [2.24, 2.45) is 5.41 Å².